The van der Waals surface area contributed by atoms with Gasteiger partial charge in [-0.1, -0.05) is 0 Å². The molecule has 0 bridgehead atoms. The minimum absolute atomic E-state index is 0.132. The van der Waals surface area contributed by atoms with E-state index in [-0.39, 0.29) is 11.1 Å². The normalized spacial score (nSPS) is 11.8. The van der Waals surface area contributed by atoms with Crippen LogP contribution in [0.3, 0.4) is 0 Å². The van der Waals surface area contributed by atoms with Crippen LogP contribution in [0.2, 0.25) is 0 Å². The second-order valence-electron chi connectivity index (χ2n) is 2.80. The Hall–Kier alpha value is -1.73. The van der Waals surface area contributed by atoms with Crippen LogP contribution in [0.5, 0.6) is 0 Å². The van der Waals surface area contributed by atoms with Crippen molar-refractivity contribution in [2.45, 2.75) is 5.22 Å². The highest BCUT2D eigenvalue weighted by Crippen LogP contribution is 2.19. The summed E-state index contributed by atoms with van der Waals surface area (Å²) in [5.41, 5.74) is 0.723. The molecule has 2 rings (SSSR count). The minimum atomic E-state index is -4.45. The Labute approximate surface area is 84.3 Å². The molecule has 1 heterocycles. The summed E-state index contributed by atoms with van der Waals surface area (Å²) < 4.78 is 34.8. The van der Waals surface area contributed by atoms with Crippen molar-refractivity contribution in [3.05, 3.63) is 23.8 Å². The Morgan fingerprint density at radius 3 is 2.73 bits per heavy atom. The number of aromatic nitrogens is 1. The second-order valence-corrected chi connectivity index (χ2v) is 4.10. The third kappa shape index (κ3) is 1.74. The molecule has 0 fully saturated rings. The van der Waals surface area contributed by atoms with Crippen LogP contribution in [-0.4, -0.2) is 24.2 Å². The number of fused-ring (bicyclic) bond motifs is 1. The van der Waals surface area contributed by atoms with Gasteiger partial charge >= 0.3 is 15.3 Å². The van der Waals surface area contributed by atoms with Crippen LogP contribution in [-0.2, 0) is 10.1 Å². The van der Waals surface area contributed by atoms with E-state index in [1.54, 1.807) is 0 Å². The fourth-order valence-corrected chi connectivity index (χ4v) is 1.51. The maximum Gasteiger partial charge on any atom is 0.347 e. The van der Waals surface area contributed by atoms with Gasteiger partial charge in [-0.15, -0.1) is 0 Å². The quantitative estimate of drug-likeness (QED) is 0.604. The molecular weight excluding hydrogens is 222 g/mol. The van der Waals surface area contributed by atoms with Gasteiger partial charge in [0.25, 0.3) is 0 Å². The van der Waals surface area contributed by atoms with Crippen molar-refractivity contribution in [2.24, 2.45) is 0 Å². The molecule has 0 radical (unpaired) electrons. The minimum Gasteiger partial charge on any atom is -0.426 e. The lowest BCUT2D eigenvalue weighted by Crippen LogP contribution is -1.97. The Bertz CT molecular complexity index is 628. The van der Waals surface area contributed by atoms with Crippen molar-refractivity contribution in [2.75, 3.05) is 0 Å². The number of hydrogen-bond acceptors (Lipinski definition) is 5. The van der Waals surface area contributed by atoms with E-state index in [0.29, 0.717) is 11.8 Å². The van der Waals surface area contributed by atoms with E-state index in [2.05, 4.69) is 4.98 Å². The van der Waals surface area contributed by atoms with Crippen molar-refractivity contribution in [1.82, 2.24) is 4.98 Å². The number of aldehydes is 1. The fraction of sp³-hybridized carbons (Fsp3) is 0. The van der Waals surface area contributed by atoms with E-state index >= 15 is 0 Å². The molecule has 1 aromatic heterocycles. The Morgan fingerprint density at radius 1 is 1.40 bits per heavy atom. The molecule has 0 aliphatic rings. The van der Waals surface area contributed by atoms with Gasteiger partial charge in [0.1, 0.15) is 11.8 Å². The number of benzene rings is 1. The van der Waals surface area contributed by atoms with E-state index < -0.39 is 15.3 Å². The van der Waals surface area contributed by atoms with Gasteiger partial charge in [0.15, 0.2) is 5.58 Å². The van der Waals surface area contributed by atoms with Crippen molar-refractivity contribution in [3.63, 3.8) is 0 Å². The highest BCUT2D eigenvalue weighted by atomic mass is 32.2. The molecule has 78 valence electrons. The van der Waals surface area contributed by atoms with Crippen LogP contribution >= 0.6 is 0 Å². The zero-order chi connectivity index (χ0) is 11.1. The van der Waals surface area contributed by atoms with Gasteiger partial charge in [-0.25, -0.2) is 0 Å². The summed E-state index contributed by atoms with van der Waals surface area (Å²) in [5.74, 6) is 0. The molecule has 0 aliphatic heterocycles. The van der Waals surface area contributed by atoms with Crippen LogP contribution in [0.4, 0.5) is 0 Å². The summed E-state index contributed by atoms with van der Waals surface area (Å²) in [6.45, 7) is 0. The topological polar surface area (TPSA) is 97.5 Å². The summed E-state index contributed by atoms with van der Waals surface area (Å²) in [4.78, 5) is 14.0. The van der Waals surface area contributed by atoms with Crippen LogP contribution in [0.25, 0.3) is 11.1 Å². The average Bonchev–Trinajstić information content (AvgIpc) is 2.59. The second kappa shape index (κ2) is 3.14. The standard InChI is InChI=1S/C8H5NO5S/c10-4-5-1-2-6-7(3-5)14-8(9-6)15(11,12)13/h1-4H,(H,11,12,13). The zero-order valence-electron chi connectivity index (χ0n) is 7.25. The zero-order valence-corrected chi connectivity index (χ0v) is 8.06. The molecule has 0 aliphatic carbocycles. The number of hydrogen-bond donors (Lipinski definition) is 1. The lowest BCUT2D eigenvalue weighted by molar-refractivity contribution is 0.112. The van der Waals surface area contributed by atoms with Crippen LogP contribution in [0.15, 0.2) is 27.8 Å². The van der Waals surface area contributed by atoms with Crippen LogP contribution < -0.4 is 0 Å². The third-order valence-electron chi connectivity index (χ3n) is 1.75. The van der Waals surface area contributed by atoms with Crippen molar-refractivity contribution in [3.8, 4) is 0 Å². The van der Waals surface area contributed by atoms with E-state index in [1.807, 2.05) is 0 Å². The predicted octanol–water partition coefficient (Wildman–Crippen LogP) is 0.887. The number of oxazole rings is 1. The number of carbonyl (C=O) groups excluding carboxylic acids is 1. The van der Waals surface area contributed by atoms with Crippen molar-refractivity contribution in [1.29, 1.82) is 0 Å². The molecule has 1 N–H and O–H groups in total. The predicted molar refractivity (Wildman–Crippen MR) is 49.2 cm³/mol. The SMILES string of the molecule is O=Cc1ccc2nc(S(=O)(=O)O)oc2c1. The molecule has 0 amide bonds. The number of nitrogens with zero attached hydrogens (tertiary/aromatic N) is 1. The molecule has 6 nitrogen and oxygen atoms in total. The molecule has 7 heteroatoms. The number of rotatable bonds is 2. The molecule has 1 aromatic carbocycles. The molecule has 0 saturated carbocycles. The molecule has 0 atom stereocenters. The molecule has 0 unspecified atom stereocenters. The van der Waals surface area contributed by atoms with Crippen molar-refractivity contribution >= 4 is 27.5 Å². The first-order valence-corrected chi connectivity index (χ1v) is 5.28. The first kappa shape index (κ1) is 9.81. The molecule has 0 spiro atoms. The summed E-state index contributed by atoms with van der Waals surface area (Å²) >= 11 is 0. The lowest BCUT2D eigenvalue weighted by Gasteiger charge is -1.87. The summed E-state index contributed by atoms with van der Waals surface area (Å²) in [7, 11) is -4.45. The average molecular weight is 227 g/mol. The molecule has 2 aromatic rings. The van der Waals surface area contributed by atoms with Gasteiger partial charge in [-0.2, -0.15) is 13.4 Å². The van der Waals surface area contributed by atoms with Crippen molar-refractivity contribution < 1.29 is 22.2 Å². The van der Waals surface area contributed by atoms with Gasteiger partial charge in [0, 0.05) is 5.56 Å². The van der Waals surface area contributed by atoms with E-state index in [4.69, 9.17) is 8.97 Å². The largest absolute Gasteiger partial charge is 0.426 e. The maximum absolute atomic E-state index is 10.7. The lowest BCUT2D eigenvalue weighted by atomic mass is 10.2. The maximum atomic E-state index is 10.7. The smallest absolute Gasteiger partial charge is 0.347 e. The Morgan fingerprint density at radius 2 is 2.13 bits per heavy atom. The fourth-order valence-electron chi connectivity index (χ4n) is 1.10. The summed E-state index contributed by atoms with van der Waals surface area (Å²) in [6, 6.07) is 4.23. The molecule has 15 heavy (non-hydrogen) atoms. The van der Waals surface area contributed by atoms with Gasteiger partial charge < -0.3 is 4.42 Å². The highest BCUT2D eigenvalue weighted by molar-refractivity contribution is 7.85. The first-order chi connectivity index (χ1) is 7.00. The highest BCUT2D eigenvalue weighted by Gasteiger charge is 2.18. The van der Waals surface area contributed by atoms with Gasteiger partial charge in [-0.3, -0.25) is 9.35 Å². The molecular formula is C8H5NO5S. The van der Waals surface area contributed by atoms with E-state index in [0.717, 1.165) is 0 Å². The van der Waals surface area contributed by atoms with E-state index in [9.17, 15) is 13.2 Å². The Kier molecular flexibility index (Phi) is 2.06. The van der Waals surface area contributed by atoms with E-state index in [1.165, 1.54) is 18.2 Å². The van der Waals surface area contributed by atoms with Gasteiger partial charge in [0.2, 0.25) is 0 Å². The van der Waals surface area contributed by atoms with Gasteiger partial charge in [-0.05, 0) is 18.2 Å². The third-order valence-corrected chi connectivity index (χ3v) is 2.37. The first-order valence-electron chi connectivity index (χ1n) is 3.84. The van der Waals surface area contributed by atoms with Crippen LogP contribution in [0, 0.1) is 0 Å². The Balaban J connectivity index is 2.71. The molecule has 0 saturated heterocycles. The summed E-state index contributed by atoms with van der Waals surface area (Å²) in [6.07, 6.45) is 0.592. The van der Waals surface area contributed by atoms with Gasteiger partial charge in [0.05, 0.1) is 0 Å². The van der Waals surface area contributed by atoms with Crippen LogP contribution in [0.1, 0.15) is 10.4 Å². The summed E-state index contributed by atoms with van der Waals surface area (Å²) in [5, 5.41) is -0.777. The monoisotopic (exact) mass is 227 g/mol. The number of carbonyl (C=O) groups is 1.